The maximum absolute atomic E-state index is 11.2. The van der Waals surface area contributed by atoms with Crippen LogP contribution in [0.5, 0.6) is 0 Å². The third kappa shape index (κ3) is 2.33. The molecule has 94 valence electrons. The standard InChI is InChI=1S/C9H17NO6/c1-13-5-4(11)9(15-3)16-7(8(10)12)6(5)14-2/h4-7,9,11H,1-3H3,(H2,10,12)/t4-,5-,6+,7+,9+/m1/s1. The summed E-state index contributed by atoms with van der Waals surface area (Å²) in [5, 5.41) is 9.82. The zero-order valence-electron chi connectivity index (χ0n) is 9.45. The number of amides is 1. The van der Waals surface area contributed by atoms with Gasteiger partial charge in [0.05, 0.1) is 0 Å². The van der Waals surface area contributed by atoms with Crippen LogP contribution in [0.2, 0.25) is 0 Å². The van der Waals surface area contributed by atoms with Gasteiger partial charge in [0, 0.05) is 21.3 Å². The van der Waals surface area contributed by atoms with Crippen LogP contribution < -0.4 is 5.73 Å². The van der Waals surface area contributed by atoms with Gasteiger partial charge in [-0.3, -0.25) is 4.79 Å². The SMILES string of the molecule is CO[C@H]1O[C@H](C(N)=O)[C@@H](OC)[C@H](OC)[C@H]1O. The molecule has 1 rings (SSSR count). The molecule has 3 N–H and O–H groups in total. The van der Waals surface area contributed by atoms with Crippen molar-refractivity contribution in [2.24, 2.45) is 5.73 Å². The summed E-state index contributed by atoms with van der Waals surface area (Å²) in [6.45, 7) is 0. The van der Waals surface area contributed by atoms with Crippen molar-refractivity contribution in [2.75, 3.05) is 21.3 Å². The van der Waals surface area contributed by atoms with Gasteiger partial charge < -0.3 is 29.8 Å². The van der Waals surface area contributed by atoms with Gasteiger partial charge in [-0.1, -0.05) is 0 Å². The fourth-order valence-corrected chi connectivity index (χ4v) is 1.78. The number of nitrogens with two attached hydrogens (primary N) is 1. The molecule has 0 aromatic carbocycles. The summed E-state index contributed by atoms with van der Waals surface area (Å²) in [6, 6.07) is 0. The van der Waals surface area contributed by atoms with Gasteiger partial charge in [0.2, 0.25) is 5.91 Å². The lowest BCUT2D eigenvalue weighted by atomic mass is 9.98. The normalized spacial score (nSPS) is 39.6. The highest BCUT2D eigenvalue weighted by Crippen LogP contribution is 2.25. The van der Waals surface area contributed by atoms with Crippen LogP contribution in [-0.2, 0) is 23.7 Å². The second kappa shape index (κ2) is 5.55. The average Bonchev–Trinajstić information content (AvgIpc) is 2.27. The van der Waals surface area contributed by atoms with Crippen molar-refractivity contribution in [3.63, 3.8) is 0 Å². The molecular formula is C9H17NO6. The molecule has 1 fully saturated rings. The van der Waals surface area contributed by atoms with Gasteiger partial charge in [-0.05, 0) is 0 Å². The molecule has 0 saturated carbocycles. The largest absolute Gasteiger partial charge is 0.385 e. The molecule has 0 aromatic rings. The number of hydrogen-bond donors (Lipinski definition) is 2. The van der Waals surface area contributed by atoms with Crippen LogP contribution >= 0.6 is 0 Å². The fourth-order valence-electron chi connectivity index (χ4n) is 1.78. The van der Waals surface area contributed by atoms with Crippen LogP contribution in [0.25, 0.3) is 0 Å². The van der Waals surface area contributed by atoms with Crippen LogP contribution in [0, 0.1) is 0 Å². The number of ether oxygens (including phenoxy) is 4. The summed E-state index contributed by atoms with van der Waals surface area (Å²) in [5.41, 5.74) is 5.18. The second-order valence-electron chi connectivity index (χ2n) is 3.45. The molecule has 0 spiro atoms. The van der Waals surface area contributed by atoms with Crippen molar-refractivity contribution < 1.29 is 28.8 Å². The van der Waals surface area contributed by atoms with Crippen LogP contribution in [0.3, 0.4) is 0 Å². The molecule has 0 unspecified atom stereocenters. The molecule has 1 amide bonds. The summed E-state index contributed by atoms with van der Waals surface area (Å²) in [7, 11) is 4.14. The smallest absolute Gasteiger partial charge is 0.249 e. The summed E-state index contributed by atoms with van der Waals surface area (Å²) in [5.74, 6) is -0.692. The molecule has 0 radical (unpaired) electrons. The van der Waals surface area contributed by atoms with Crippen LogP contribution in [-0.4, -0.2) is 63.0 Å². The van der Waals surface area contributed by atoms with Gasteiger partial charge in [-0.2, -0.15) is 0 Å². The van der Waals surface area contributed by atoms with Gasteiger partial charge in [0.25, 0.3) is 0 Å². The van der Waals surface area contributed by atoms with Crippen LogP contribution in [0.4, 0.5) is 0 Å². The van der Waals surface area contributed by atoms with Crippen LogP contribution in [0.15, 0.2) is 0 Å². The van der Waals surface area contributed by atoms with E-state index in [9.17, 15) is 9.90 Å². The molecule has 0 bridgehead atoms. The highest BCUT2D eigenvalue weighted by atomic mass is 16.7. The van der Waals surface area contributed by atoms with Crippen molar-refractivity contribution in [1.82, 2.24) is 0 Å². The predicted molar refractivity (Wildman–Crippen MR) is 52.5 cm³/mol. The highest BCUT2D eigenvalue weighted by Gasteiger charge is 2.48. The van der Waals surface area contributed by atoms with Crippen molar-refractivity contribution in [3.05, 3.63) is 0 Å². The number of aliphatic hydroxyl groups is 1. The monoisotopic (exact) mass is 235 g/mol. The summed E-state index contributed by atoms with van der Waals surface area (Å²) < 4.78 is 20.2. The first-order valence-electron chi connectivity index (χ1n) is 4.78. The first-order valence-corrected chi connectivity index (χ1v) is 4.78. The Kier molecular flexibility index (Phi) is 4.63. The average molecular weight is 235 g/mol. The molecule has 1 aliphatic heterocycles. The van der Waals surface area contributed by atoms with E-state index in [4.69, 9.17) is 24.7 Å². The summed E-state index contributed by atoms with van der Waals surface area (Å²) in [6.07, 6.45) is -4.52. The van der Waals surface area contributed by atoms with Gasteiger partial charge in [0.15, 0.2) is 12.4 Å². The summed E-state index contributed by atoms with van der Waals surface area (Å²) >= 11 is 0. The quantitative estimate of drug-likeness (QED) is 0.598. The third-order valence-electron chi connectivity index (χ3n) is 2.58. The number of rotatable bonds is 4. The first kappa shape index (κ1) is 13.3. The topological polar surface area (TPSA) is 100 Å². The number of primary amides is 1. The van der Waals surface area contributed by atoms with E-state index >= 15 is 0 Å². The Morgan fingerprint density at radius 2 is 1.75 bits per heavy atom. The second-order valence-corrected chi connectivity index (χ2v) is 3.45. The molecular weight excluding hydrogens is 218 g/mol. The first-order chi connectivity index (χ1) is 7.56. The molecule has 1 saturated heterocycles. The molecule has 0 aromatic heterocycles. The van der Waals surface area contributed by atoms with E-state index in [1.807, 2.05) is 0 Å². The maximum atomic E-state index is 11.2. The highest BCUT2D eigenvalue weighted by molar-refractivity contribution is 5.79. The fraction of sp³-hybridized carbons (Fsp3) is 0.889. The van der Waals surface area contributed by atoms with E-state index in [1.54, 1.807) is 0 Å². The molecule has 1 aliphatic rings. The predicted octanol–water partition coefficient (Wildman–Crippen LogP) is -1.77. The van der Waals surface area contributed by atoms with E-state index in [1.165, 1.54) is 21.3 Å². The van der Waals surface area contributed by atoms with Gasteiger partial charge >= 0.3 is 0 Å². The summed E-state index contributed by atoms with van der Waals surface area (Å²) in [4.78, 5) is 11.2. The number of methoxy groups -OCH3 is 3. The number of carbonyl (C=O) groups is 1. The van der Waals surface area contributed by atoms with Gasteiger partial charge in [-0.15, -0.1) is 0 Å². The van der Waals surface area contributed by atoms with E-state index in [2.05, 4.69) is 0 Å². The van der Waals surface area contributed by atoms with Crippen molar-refractivity contribution in [3.8, 4) is 0 Å². The van der Waals surface area contributed by atoms with E-state index in [0.717, 1.165) is 0 Å². The Bertz CT molecular complexity index is 248. The third-order valence-corrected chi connectivity index (χ3v) is 2.58. The Balaban J connectivity index is 2.91. The Morgan fingerprint density at radius 3 is 2.12 bits per heavy atom. The number of aliphatic hydroxyl groups excluding tert-OH is 1. The molecule has 1 heterocycles. The Hall–Kier alpha value is -0.730. The number of carbonyl (C=O) groups excluding carboxylic acids is 1. The lowest BCUT2D eigenvalue weighted by Crippen LogP contribution is -2.62. The minimum absolute atomic E-state index is 0.692. The Morgan fingerprint density at radius 1 is 1.19 bits per heavy atom. The number of hydrogen-bond acceptors (Lipinski definition) is 6. The zero-order chi connectivity index (χ0) is 12.3. The van der Waals surface area contributed by atoms with E-state index in [0.29, 0.717) is 0 Å². The van der Waals surface area contributed by atoms with Crippen molar-refractivity contribution >= 4 is 5.91 Å². The molecule has 0 aliphatic carbocycles. The molecule has 16 heavy (non-hydrogen) atoms. The van der Waals surface area contributed by atoms with Gasteiger partial charge in [-0.25, -0.2) is 0 Å². The molecule has 7 nitrogen and oxygen atoms in total. The molecule has 5 atom stereocenters. The zero-order valence-corrected chi connectivity index (χ0v) is 9.45. The maximum Gasteiger partial charge on any atom is 0.249 e. The van der Waals surface area contributed by atoms with Crippen molar-refractivity contribution in [1.29, 1.82) is 0 Å². The van der Waals surface area contributed by atoms with E-state index < -0.39 is 36.6 Å². The lowest BCUT2D eigenvalue weighted by Gasteiger charge is -2.41. The minimum Gasteiger partial charge on any atom is -0.385 e. The molecule has 7 heteroatoms. The van der Waals surface area contributed by atoms with Crippen molar-refractivity contribution in [2.45, 2.75) is 30.7 Å². The van der Waals surface area contributed by atoms with Crippen LogP contribution in [0.1, 0.15) is 0 Å². The minimum atomic E-state index is -1.05. The van der Waals surface area contributed by atoms with Gasteiger partial charge in [0.1, 0.15) is 18.3 Å². The lowest BCUT2D eigenvalue weighted by molar-refractivity contribution is -0.290. The van der Waals surface area contributed by atoms with E-state index in [-0.39, 0.29) is 0 Å². The Labute approximate surface area is 93.4 Å².